The molecule has 1 fully saturated rings. The van der Waals surface area contributed by atoms with E-state index in [2.05, 4.69) is 57.0 Å². The minimum atomic E-state index is 0.0279. The SMILES string of the molecule is CC1CCC(CNc2nc(Nc3ccc(CC(=O)NCCCCCOCCN)cc3)nc(NC(C)C)n2)CC1. The average Bonchev–Trinajstić information content (AvgIpc) is 2.90. The Morgan fingerprint density at radius 2 is 1.69 bits per heavy atom. The number of amides is 1. The molecule has 0 aliphatic heterocycles. The summed E-state index contributed by atoms with van der Waals surface area (Å²) in [5.74, 6) is 3.11. The number of aromatic nitrogens is 3. The maximum atomic E-state index is 12.3. The number of nitrogens with zero attached hydrogens (tertiary/aromatic N) is 3. The van der Waals surface area contributed by atoms with E-state index in [9.17, 15) is 4.79 Å². The molecule has 1 heterocycles. The fourth-order valence-electron chi connectivity index (χ4n) is 4.60. The van der Waals surface area contributed by atoms with E-state index in [1.165, 1.54) is 25.7 Å². The quantitative estimate of drug-likeness (QED) is 0.184. The van der Waals surface area contributed by atoms with E-state index in [4.69, 9.17) is 10.5 Å². The van der Waals surface area contributed by atoms with Crippen LogP contribution in [0.4, 0.5) is 23.5 Å². The zero-order valence-corrected chi connectivity index (χ0v) is 24.0. The van der Waals surface area contributed by atoms with E-state index in [0.29, 0.717) is 49.9 Å². The zero-order chi connectivity index (χ0) is 27.9. The van der Waals surface area contributed by atoms with Crippen molar-refractivity contribution in [2.45, 2.75) is 78.2 Å². The summed E-state index contributed by atoms with van der Waals surface area (Å²) in [6.07, 6.45) is 8.37. The summed E-state index contributed by atoms with van der Waals surface area (Å²) < 4.78 is 5.37. The molecule has 0 radical (unpaired) electrons. The molecule has 1 saturated carbocycles. The molecule has 10 heteroatoms. The number of hydrogen-bond acceptors (Lipinski definition) is 9. The highest BCUT2D eigenvalue weighted by atomic mass is 16.5. The Kier molecular flexibility index (Phi) is 13.2. The molecule has 0 spiro atoms. The smallest absolute Gasteiger partial charge is 0.233 e. The highest BCUT2D eigenvalue weighted by Crippen LogP contribution is 2.28. The summed E-state index contributed by atoms with van der Waals surface area (Å²) in [4.78, 5) is 26.1. The summed E-state index contributed by atoms with van der Waals surface area (Å²) >= 11 is 0. The van der Waals surface area contributed by atoms with Crippen LogP contribution in [0.15, 0.2) is 24.3 Å². The van der Waals surface area contributed by atoms with Crippen LogP contribution in [-0.4, -0.2) is 59.7 Å². The summed E-state index contributed by atoms with van der Waals surface area (Å²) in [7, 11) is 0. The highest BCUT2D eigenvalue weighted by Gasteiger charge is 2.18. The molecule has 0 bridgehead atoms. The molecule has 1 aliphatic rings. The molecule has 3 rings (SSSR count). The van der Waals surface area contributed by atoms with E-state index in [1.807, 2.05) is 24.3 Å². The lowest BCUT2D eigenvalue weighted by molar-refractivity contribution is -0.120. The van der Waals surface area contributed by atoms with Crippen molar-refractivity contribution in [2.75, 3.05) is 48.8 Å². The Hall–Kier alpha value is -2.98. The van der Waals surface area contributed by atoms with Gasteiger partial charge in [0.2, 0.25) is 23.8 Å². The molecule has 1 amide bonds. The van der Waals surface area contributed by atoms with Gasteiger partial charge in [0.15, 0.2) is 0 Å². The molecule has 0 unspecified atom stereocenters. The van der Waals surface area contributed by atoms with Gasteiger partial charge in [0.25, 0.3) is 0 Å². The van der Waals surface area contributed by atoms with Crippen LogP contribution in [0.2, 0.25) is 0 Å². The van der Waals surface area contributed by atoms with E-state index < -0.39 is 0 Å². The van der Waals surface area contributed by atoms with Gasteiger partial charge in [-0.15, -0.1) is 0 Å². The summed E-state index contributed by atoms with van der Waals surface area (Å²) in [6, 6.07) is 8.00. The van der Waals surface area contributed by atoms with Crippen molar-refractivity contribution in [3.05, 3.63) is 29.8 Å². The van der Waals surface area contributed by atoms with Crippen LogP contribution in [0.25, 0.3) is 0 Å². The average molecular weight is 541 g/mol. The van der Waals surface area contributed by atoms with Crippen LogP contribution >= 0.6 is 0 Å². The number of rotatable bonds is 17. The van der Waals surface area contributed by atoms with Gasteiger partial charge in [-0.05, 0) is 75.5 Å². The maximum absolute atomic E-state index is 12.3. The molecule has 2 aromatic rings. The Labute approximate surface area is 233 Å². The van der Waals surface area contributed by atoms with Crippen LogP contribution in [0.1, 0.15) is 71.3 Å². The highest BCUT2D eigenvalue weighted by molar-refractivity contribution is 5.78. The number of carbonyl (C=O) groups excluding carboxylic acids is 1. The van der Waals surface area contributed by atoms with Crippen molar-refractivity contribution >= 4 is 29.4 Å². The van der Waals surface area contributed by atoms with Crippen molar-refractivity contribution in [3.8, 4) is 0 Å². The van der Waals surface area contributed by atoms with E-state index >= 15 is 0 Å². The van der Waals surface area contributed by atoms with Crippen LogP contribution < -0.4 is 27.0 Å². The molecule has 10 nitrogen and oxygen atoms in total. The summed E-state index contributed by atoms with van der Waals surface area (Å²) in [5.41, 5.74) is 7.21. The minimum absolute atomic E-state index is 0.0279. The van der Waals surface area contributed by atoms with Gasteiger partial charge in [0, 0.05) is 38.0 Å². The topological polar surface area (TPSA) is 139 Å². The van der Waals surface area contributed by atoms with Crippen molar-refractivity contribution in [1.82, 2.24) is 20.3 Å². The fourth-order valence-corrected chi connectivity index (χ4v) is 4.60. The first-order valence-electron chi connectivity index (χ1n) is 14.6. The van der Waals surface area contributed by atoms with Gasteiger partial charge in [0.1, 0.15) is 0 Å². The largest absolute Gasteiger partial charge is 0.380 e. The monoisotopic (exact) mass is 540 g/mol. The first-order chi connectivity index (χ1) is 18.9. The van der Waals surface area contributed by atoms with Gasteiger partial charge in [-0.2, -0.15) is 15.0 Å². The lowest BCUT2D eigenvalue weighted by Gasteiger charge is -2.26. The third-order valence-corrected chi connectivity index (χ3v) is 6.86. The number of anilines is 4. The molecule has 0 atom stereocenters. The van der Waals surface area contributed by atoms with E-state index in [-0.39, 0.29) is 11.9 Å². The third kappa shape index (κ3) is 12.2. The second kappa shape index (κ2) is 16.9. The van der Waals surface area contributed by atoms with Gasteiger partial charge < -0.3 is 31.7 Å². The fraction of sp³-hybridized carbons (Fsp3) is 0.655. The molecule has 216 valence electrons. The van der Waals surface area contributed by atoms with Gasteiger partial charge in [0.05, 0.1) is 13.0 Å². The van der Waals surface area contributed by atoms with Crippen molar-refractivity contribution in [2.24, 2.45) is 17.6 Å². The van der Waals surface area contributed by atoms with Crippen molar-refractivity contribution < 1.29 is 9.53 Å². The van der Waals surface area contributed by atoms with E-state index in [0.717, 1.165) is 49.6 Å². The normalized spacial score (nSPS) is 17.2. The second-order valence-corrected chi connectivity index (χ2v) is 10.9. The third-order valence-electron chi connectivity index (χ3n) is 6.86. The number of nitrogens with two attached hydrogens (primary N) is 1. The molecular formula is C29H48N8O2. The minimum Gasteiger partial charge on any atom is -0.380 e. The molecule has 39 heavy (non-hydrogen) atoms. The van der Waals surface area contributed by atoms with Gasteiger partial charge in [-0.25, -0.2) is 0 Å². The Bertz CT molecular complexity index is 978. The van der Waals surface area contributed by atoms with Crippen LogP contribution in [-0.2, 0) is 16.0 Å². The van der Waals surface area contributed by atoms with Gasteiger partial charge >= 0.3 is 0 Å². The number of benzene rings is 1. The van der Waals surface area contributed by atoms with Gasteiger partial charge in [-0.3, -0.25) is 4.79 Å². The van der Waals surface area contributed by atoms with Crippen molar-refractivity contribution in [3.63, 3.8) is 0 Å². The second-order valence-electron chi connectivity index (χ2n) is 10.9. The van der Waals surface area contributed by atoms with Crippen LogP contribution in [0.3, 0.4) is 0 Å². The number of ether oxygens (including phenoxy) is 1. The molecule has 1 aromatic heterocycles. The predicted octanol–water partition coefficient (Wildman–Crippen LogP) is 4.48. The number of carbonyl (C=O) groups is 1. The summed E-state index contributed by atoms with van der Waals surface area (Å²) in [5, 5.41) is 13.0. The Balaban J connectivity index is 1.48. The first-order valence-corrected chi connectivity index (χ1v) is 14.6. The molecule has 0 saturated heterocycles. The van der Waals surface area contributed by atoms with Gasteiger partial charge in [-0.1, -0.05) is 31.9 Å². The Morgan fingerprint density at radius 3 is 2.41 bits per heavy atom. The lowest BCUT2D eigenvalue weighted by Crippen LogP contribution is -2.26. The molecule has 6 N–H and O–H groups in total. The van der Waals surface area contributed by atoms with Crippen molar-refractivity contribution in [1.29, 1.82) is 0 Å². The molecular weight excluding hydrogens is 492 g/mol. The predicted molar refractivity (Wildman–Crippen MR) is 158 cm³/mol. The Morgan fingerprint density at radius 1 is 0.974 bits per heavy atom. The lowest BCUT2D eigenvalue weighted by atomic mass is 9.83. The maximum Gasteiger partial charge on any atom is 0.233 e. The molecule has 1 aliphatic carbocycles. The molecule has 1 aromatic carbocycles. The van der Waals surface area contributed by atoms with Crippen LogP contribution in [0.5, 0.6) is 0 Å². The van der Waals surface area contributed by atoms with E-state index in [1.54, 1.807) is 0 Å². The zero-order valence-electron chi connectivity index (χ0n) is 24.0. The van der Waals surface area contributed by atoms with Crippen LogP contribution in [0, 0.1) is 11.8 Å². The summed E-state index contributed by atoms with van der Waals surface area (Å²) in [6.45, 7) is 9.89. The number of nitrogens with one attached hydrogen (secondary N) is 4. The first kappa shape index (κ1) is 30.6. The number of hydrogen-bond donors (Lipinski definition) is 5. The number of unbranched alkanes of at least 4 members (excludes halogenated alkanes) is 2. The standard InChI is InChI=1S/C29H48N8O2/c1-21(2)33-28-35-27(32-20-24-9-7-22(3)8-10-24)36-29(37-28)34-25-13-11-23(12-14-25)19-26(38)31-16-5-4-6-17-39-18-15-30/h11-14,21-22,24H,4-10,15-20,30H2,1-3H3,(H,31,38)(H3,32,33,34,35,36,37).